The molecule has 2 N–H and O–H groups in total. The lowest BCUT2D eigenvalue weighted by Crippen LogP contribution is -1.95. The molecule has 1 rings (SSSR count). The third-order valence-electron chi connectivity index (χ3n) is 2.04. The van der Waals surface area contributed by atoms with Crippen LogP contribution < -0.4 is 0 Å². The SMILES string of the molecule is CC=C(Cc1ccccc1F)P(=O)(O)O. The number of benzene rings is 1. The first kappa shape index (κ1) is 12.1. The highest BCUT2D eigenvalue weighted by molar-refractivity contribution is 7.56. The van der Waals surface area contributed by atoms with Gasteiger partial charge in [-0.1, -0.05) is 24.3 Å². The monoisotopic (exact) mass is 230 g/mol. The average molecular weight is 230 g/mol. The fraction of sp³-hybridized carbons (Fsp3) is 0.200. The minimum absolute atomic E-state index is 0.0621. The molecule has 0 aliphatic carbocycles. The van der Waals surface area contributed by atoms with E-state index in [0.717, 1.165) is 0 Å². The van der Waals surface area contributed by atoms with Crippen LogP contribution in [0.4, 0.5) is 4.39 Å². The normalized spacial score (nSPS) is 12.9. The first-order valence-electron chi connectivity index (χ1n) is 4.40. The maximum Gasteiger partial charge on any atom is 0.352 e. The molecule has 0 aliphatic heterocycles. The highest BCUT2D eigenvalue weighted by Gasteiger charge is 2.20. The average Bonchev–Trinajstić information content (AvgIpc) is 2.14. The summed E-state index contributed by atoms with van der Waals surface area (Å²) >= 11 is 0. The largest absolute Gasteiger partial charge is 0.352 e. The molecule has 1 aromatic rings. The van der Waals surface area contributed by atoms with Gasteiger partial charge in [-0.2, -0.15) is 0 Å². The Morgan fingerprint density at radius 1 is 1.47 bits per heavy atom. The van der Waals surface area contributed by atoms with Crippen molar-refractivity contribution >= 4 is 7.60 Å². The Kier molecular flexibility index (Phi) is 3.80. The molecule has 0 amide bonds. The Morgan fingerprint density at radius 3 is 2.53 bits per heavy atom. The van der Waals surface area contributed by atoms with E-state index in [4.69, 9.17) is 9.79 Å². The van der Waals surface area contributed by atoms with Crippen LogP contribution in [0.25, 0.3) is 0 Å². The van der Waals surface area contributed by atoms with Gasteiger partial charge >= 0.3 is 7.60 Å². The zero-order chi connectivity index (χ0) is 11.5. The molecule has 82 valence electrons. The quantitative estimate of drug-likeness (QED) is 0.784. The summed E-state index contributed by atoms with van der Waals surface area (Å²) in [6.07, 6.45) is 1.26. The molecule has 0 aliphatic rings. The van der Waals surface area contributed by atoms with Gasteiger partial charge in [-0.15, -0.1) is 0 Å². The van der Waals surface area contributed by atoms with E-state index in [1.165, 1.54) is 31.2 Å². The van der Waals surface area contributed by atoms with Crippen LogP contribution in [0, 0.1) is 5.82 Å². The molecule has 0 bridgehead atoms. The topological polar surface area (TPSA) is 57.5 Å². The molecule has 5 heteroatoms. The van der Waals surface area contributed by atoms with E-state index in [1.54, 1.807) is 6.07 Å². The van der Waals surface area contributed by atoms with E-state index >= 15 is 0 Å². The van der Waals surface area contributed by atoms with E-state index in [0.29, 0.717) is 0 Å². The Labute approximate surface area is 87.4 Å². The molecule has 0 saturated heterocycles. The lowest BCUT2D eigenvalue weighted by molar-refractivity contribution is 0.381. The number of hydrogen-bond donors (Lipinski definition) is 2. The first-order chi connectivity index (χ1) is 6.95. The molecule has 0 radical (unpaired) electrons. The third-order valence-corrected chi connectivity index (χ3v) is 3.20. The van der Waals surface area contributed by atoms with E-state index in [2.05, 4.69) is 0 Å². The molecule has 0 atom stereocenters. The minimum Gasteiger partial charge on any atom is -0.321 e. The van der Waals surface area contributed by atoms with Crippen LogP contribution in [0.15, 0.2) is 35.7 Å². The highest BCUT2D eigenvalue weighted by Crippen LogP contribution is 2.46. The summed E-state index contributed by atoms with van der Waals surface area (Å²) in [7, 11) is -4.27. The van der Waals surface area contributed by atoms with E-state index < -0.39 is 13.4 Å². The maximum atomic E-state index is 13.2. The van der Waals surface area contributed by atoms with E-state index in [1.807, 2.05) is 0 Å². The molecule has 0 fully saturated rings. The fourth-order valence-corrected chi connectivity index (χ4v) is 1.92. The molecule has 0 aromatic heterocycles. The molecule has 0 heterocycles. The van der Waals surface area contributed by atoms with Crippen LogP contribution in [-0.2, 0) is 11.0 Å². The summed E-state index contributed by atoms with van der Waals surface area (Å²) < 4.78 is 24.2. The third kappa shape index (κ3) is 3.27. The van der Waals surface area contributed by atoms with Crippen LogP contribution >= 0.6 is 7.60 Å². The lowest BCUT2D eigenvalue weighted by atomic mass is 10.1. The Balaban J connectivity index is 2.96. The first-order valence-corrected chi connectivity index (χ1v) is 6.01. The van der Waals surface area contributed by atoms with Gasteiger partial charge in [0.1, 0.15) is 5.82 Å². The summed E-state index contributed by atoms with van der Waals surface area (Å²) in [5.74, 6) is -0.453. The summed E-state index contributed by atoms with van der Waals surface area (Å²) in [4.78, 5) is 17.9. The van der Waals surface area contributed by atoms with Crippen molar-refractivity contribution in [2.45, 2.75) is 13.3 Å². The molecular weight excluding hydrogens is 218 g/mol. The van der Waals surface area contributed by atoms with Gasteiger partial charge in [0.25, 0.3) is 0 Å². The zero-order valence-corrected chi connectivity index (χ0v) is 9.12. The van der Waals surface area contributed by atoms with Crippen molar-refractivity contribution in [3.63, 3.8) is 0 Å². The molecule has 3 nitrogen and oxygen atoms in total. The van der Waals surface area contributed by atoms with Crippen molar-refractivity contribution in [3.8, 4) is 0 Å². The standard InChI is InChI=1S/C10H12FO3P/c1-2-9(15(12,13)14)7-8-5-3-4-6-10(8)11/h2-6H,7H2,1H3,(H2,12,13,14). The van der Waals surface area contributed by atoms with Crippen molar-refractivity contribution in [1.82, 2.24) is 0 Å². The van der Waals surface area contributed by atoms with Crippen molar-refractivity contribution in [2.75, 3.05) is 0 Å². The lowest BCUT2D eigenvalue weighted by Gasteiger charge is -2.09. The Bertz CT molecular complexity index is 422. The number of hydrogen-bond acceptors (Lipinski definition) is 1. The smallest absolute Gasteiger partial charge is 0.321 e. The number of rotatable bonds is 3. The van der Waals surface area contributed by atoms with Crippen LogP contribution in [-0.4, -0.2) is 9.79 Å². The van der Waals surface area contributed by atoms with Gasteiger partial charge < -0.3 is 9.79 Å². The Morgan fingerprint density at radius 2 is 2.07 bits per heavy atom. The second-order valence-electron chi connectivity index (χ2n) is 3.09. The van der Waals surface area contributed by atoms with Crippen molar-refractivity contribution in [1.29, 1.82) is 0 Å². The summed E-state index contributed by atoms with van der Waals surface area (Å²) in [5.41, 5.74) is 0.286. The van der Waals surface area contributed by atoms with Gasteiger partial charge in [0, 0.05) is 11.7 Å². The van der Waals surface area contributed by atoms with Crippen molar-refractivity contribution in [2.24, 2.45) is 0 Å². The predicted molar refractivity (Wildman–Crippen MR) is 55.9 cm³/mol. The minimum atomic E-state index is -4.27. The van der Waals surface area contributed by atoms with Gasteiger partial charge in [-0.05, 0) is 18.6 Å². The molecule has 15 heavy (non-hydrogen) atoms. The summed E-state index contributed by atoms with van der Waals surface area (Å²) in [6, 6.07) is 5.94. The van der Waals surface area contributed by atoms with Crippen LogP contribution in [0.5, 0.6) is 0 Å². The van der Waals surface area contributed by atoms with Crippen molar-refractivity contribution in [3.05, 3.63) is 47.0 Å². The maximum absolute atomic E-state index is 13.2. The number of halogens is 1. The van der Waals surface area contributed by atoms with Crippen LogP contribution in [0.1, 0.15) is 12.5 Å². The second kappa shape index (κ2) is 4.71. The molecule has 0 unspecified atom stereocenters. The predicted octanol–water partition coefficient (Wildman–Crippen LogP) is 2.45. The van der Waals surface area contributed by atoms with Crippen LogP contribution in [0.3, 0.4) is 0 Å². The molecule has 0 spiro atoms. The number of allylic oxidation sites excluding steroid dienone is 2. The van der Waals surface area contributed by atoms with Gasteiger partial charge in [0.15, 0.2) is 0 Å². The van der Waals surface area contributed by atoms with Gasteiger partial charge in [-0.3, -0.25) is 4.57 Å². The van der Waals surface area contributed by atoms with E-state index in [9.17, 15) is 8.96 Å². The molecule has 0 saturated carbocycles. The summed E-state index contributed by atoms with van der Waals surface area (Å²) in [6.45, 7) is 1.52. The Hall–Kier alpha value is -0.960. The zero-order valence-electron chi connectivity index (χ0n) is 8.22. The molecule has 1 aromatic carbocycles. The van der Waals surface area contributed by atoms with Gasteiger partial charge in [0.05, 0.1) is 0 Å². The fourth-order valence-electron chi connectivity index (χ4n) is 1.21. The second-order valence-corrected chi connectivity index (χ2v) is 4.75. The van der Waals surface area contributed by atoms with Gasteiger partial charge in [-0.25, -0.2) is 4.39 Å². The van der Waals surface area contributed by atoms with E-state index in [-0.39, 0.29) is 17.3 Å². The van der Waals surface area contributed by atoms with Gasteiger partial charge in [0.2, 0.25) is 0 Å². The molecular formula is C10H12FO3P. The van der Waals surface area contributed by atoms with Crippen molar-refractivity contribution < 1.29 is 18.7 Å². The summed E-state index contributed by atoms with van der Waals surface area (Å²) in [5, 5.41) is -0.0624. The van der Waals surface area contributed by atoms with Crippen LogP contribution in [0.2, 0.25) is 0 Å². The highest BCUT2D eigenvalue weighted by atomic mass is 31.2.